The van der Waals surface area contributed by atoms with E-state index in [1.165, 1.54) is 0 Å². The molecule has 0 saturated heterocycles. The van der Waals surface area contributed by atoms with E-state index in [0.29, 0.717) is 18.0 Å². The first-order valence-electron chi connectivity index (χ1n) is 7.20. The summed E-state index contributed by atoms with van der Waals surface area (Å²) in [5, 5.41) is 3.97. The highest BCUT2D eigenvalue weighted by molar-refractivity contribution is 7.85. The van der Waals surface area contributed by atoms with Gasteiger partial charge in [0.1, 0.15) is 0 Å². The van der Waals surface area contributed by atoms with E-state index in [1.807, 2.05) is 24.3 Å². The van der Waals surface area contributed by atoms with E-state index in [-0.39, 0.29) is 17.2 Å². The summed E-state index contributed by atoms with van der Waals surface area (Å²) in [6, 6.07) is 7.51. The zero-order valence-corrected chi connectivity index (χ0v) is 14.8. The van der Waals surface area contributed by atoms with Crippen molar-refractivity contribution in [3.8, 4) is 0 Å². The molecule has 0 bridgehead atoms. The Bertz CT molecular complexity index is 589. The Morgan fingerprint density at radius 3 is 2.36 bits per heavy atom. The molecule has 0 aliphatic carbocycles. The topological polar surface area (TPSA) is 66.4 Å². The fraction of sp³-hybridized carbons (Fsp3) is 0.500. The van der Waals surface area contributed by atoms with Gasteiger partial charge in [0.15, 0.2) is 0 Å². The van der Waals surface area contributed by atoms with Gasteiger partial charge in [-0.25, -0.2) is 0 Å². The van der Waals surface area contributed by atoms with E-state index in [1.54, 1.807) is 0 Å². The largest absolute Gasteiger partial charge is 0.307 e. The van der Waals surface area contributed by atoms with Crippen molar-refractivity contribution in [2.24, 2.45) is 5.41 Å². The lowest BCUT2D eigenvalue weighted by molar-refractivity contribution is 0.478. The smallest absolute Gasteiger partial charge is 0.264 e. The summed E-state index contributed by atoms with van der Waals surface area (Å²) in [6.07, 6.45) is 4.53. The SMILES string of the molecule is CC(C)(C)C=C[C@H](NCCCS(=O)(=O)O)c1ccc(Cl)cc1. The van der Waals surface area contributed by atoms with E-state index < -0.39 is 10.1 Å². The van der Waals surface area contributed by atoms with Crippen LogP contribution in [0.5, 0.6) is 0 Å². The van der Waals surface area contributed by atoms with Crippen LogP contribution < -0.4 is 5.32 Å². The van der Waals surface area contributed by atoms with Crippen LogP contribution >= 0.6 is 11.6 Å². The van der Waals surface area contributed by atoms with Crippen LogP contribution in [-0.2, 0) is 10.1 Å². The second-order valence-electron chi connectivity index (χ2n) is 6.35. The highest BCUT2D eigenvalue weighted by Gasteiger charge is 2.11. The Morgan fingerprint density at radius 1 is 1.27 bits per heavy atom. The Balaban J connectivity index is 2.74. The van der Waals surface area contributed by atoms with Crippen molar-refractivity contribution in [1.29, 1.82) is 0 Å². The van der Waals surface area contributed by atoms with Crippen LogP contribution in [0.1, 0.15) is 38.8 Å². The van der Waals surface area contributed by atoms with Gasteiger partial charge in [0, 0.05) is 5.02 Å². The Morgan fingerprint density at radius 2 is 1.86 bits per heavy atom. The molecule has 1 aromatic carbocycles. The number of halogens is 1. The Labute approximate surface area is 138 Å². The summed E-state index contributed by atoms with van der Waals surface area (Å²) in [5.74, 6) is -0.240. The molecule has 1 rings (SSSR count). The van der Waals surface area contributed by atoms with Gasteiger partial charge in [-0.1, -0.05) is 56.7 Å². The molecule has 0 unspecified atom stereocenters. The molecule has 0 radical (unpaired) electrons. The first-order chi connectivity index (χ1) is 10.1. The number of hydrogen-bond donors (Lipinski definition) is 2. The van der Waals surface area contributed by atoms with Crippen molar-refractivity contribution < 1.29 is 13.0 Å². The molecule has 0 aliphatic heterocycles. The quantitative estimate of drug-likeness (QED) is 0.447. The fourth-order valence-electron chi connectivity index (χ4n) is 1.86. The third-order valence-electron chi connectivity index (χ3n) is 2.96. The number of rotatable bonds is 7. The van der Waals surface area contributed by atoms with Crippen molar-refractivity contribution >= 4 is 21.7 Å². The number of allylic oxidation sites excluding steroid dienone is 1. The number of benzene rings is 1. The maximum Gasteiger partial charge on any atom is 0.264 e. The van der Waals surface area contributed by atoms with E-state index in [4.69, 9.17) is 16.2 Å². The van der Waals surface area contributed by atoms with Crippen LogP contribution in [0.15, 0.2) is 36.4 Å². The molecule has 0 heterocycles. The number of nitrogens with one attached hydrogen (secondary N) is 1. The van der Waals surface area contributed by atoms with E-state index in [2.05, 4.69) is 38.2 Å². The van der Waals surface area contributed by atoms with E-state index in [9.17, 15) is 8.42 Å². The molecular formula is C16H24ClNO3S. The molecule has 1 aromatic rings. The maximum atomic E-state index is 10.7. The monoisotopic (exact) mass is 345 g/mol. The lowest BCUT2D eigenvalue weighted by Gasteiger charge is -2.18. The second-order valence-corrected chi connectivity index (χ2v) is 8.36. The van der Waals surface area contributed by atoms with Crippen LogP contribution in [0, 0.1) is 5.41 Å². The molecule has 22 heavy (non-hydrogen) atoms. The standard InChI is InChI=1S/C16H24ClNO3S/c1-16(2,3)10-9-15(13-5-7-14(17)8-6-13)18-11-4-12-22(19,20)21/h5-10,15,18H,4,11-12H2,1-3H3,(H,19,20,21)/t15-/m0/s1. The molecule has 0 saturated carbocycles. The molecule has 6 heteroatoms. The molecule has 124 valence electrons. The van der Waals surface area contributed by atoms with E-state index in [0.717, 1.165) is 5.56 Å². The molecule has 2 N–H and O–H groups in total. The summed E-state index contributed by atoms with van der Waals surface area (Å²) < 4.78 is 30.2. The summed E-state index contributed by atoms with van der Waals surface area (Å²) >= 11 is 5.91. The van der Waals surface area contributed by atoms with Gasteiger partial charge >= 0.3 is 0 Å². The molecule has 0 spiro atoms. The second kappa shape index (κ2) is 8.11. The van der Waals surface area contributed by atoms with Crippen molar-refractivity contribution in [2.75, 3.05) is 12.3 Å². The van der Waals surface area contributed by atoms with E-state index >= 15 is 0 Å². The predicted octanol–water partition coefficient (Wildman–Crippen LogP) is 3.85. The zero-order chi connectivity index (χ0) is 16.8. The molecule has 0 aliphatic rings. The molecule has 4 nitrogen and oxygen atoms in total. The minimum atomic E-state index is -3.90. The highest BCUT2D eigenvalue weighted by Crippen LogP contribution is 2.21. The van der Waals surface area contributed by atoms with Crippen molar-refractivity contribution in [3.05, 3.63) is 47.0 Å². The molecule has 0 aromatic heterocycles. The van der Waals surface area contributed by atoms with Crippen molar-refractivity contribution in [2.45, 2.75) is 33.2 Å². The fourth-order valence-corrected chi connectivity index (χ4v) is 2.50. The molecule has 0 fully saturated rings. The van der Waals surface area contributed by atoms with Gasteiger partial charge in [-0.05, 0) is 36.1 Å². The molecule has 1 atom stereocenters. The minimum Gasteiger partial charge on any atom is -0.307 e. The molecule has 0 amide bonds. The molecular weight excluding hydrogens is 322 g/mol. The average molecular weight is 346 g/mol. The van der Waals surface area contributed by atoms with Crippen LogP contribution in [0.3, 0.4) is 0 Å². The first kappa shape index (κ1) is 19.2. The normalized spacial score (nSPS) is 14.4. The van der Waals surface area contributed by atoms with Crippen LogP contribution in [0.2, 0.25) is 5.02 Å². The first-order valence-corrected chi connectivity index (χ1v) is 9.19. The maximum absolute atomic E-state index is 10.7. The zero-order valence-electron chi connectivity index (χ0n) is 13.2. The van der Waals surface area contributed by atoms with Gasteiger partial charge in [-0.2, -0.15) is 8.42 Å². The lowest BCUT2D eigenvalue weighted by Crippen LogP contribution is -2.23. The number of hydrogen-bond acceptors (Lipinski definition) is 3. The van der Waals surface area contributed by atoms with Crippen LogP contribution in [0.25, 0.3) is 0 Å². The third kappa shape index (κ3) is 8.54. The summed E-state index contributed by atoms with van der Waals surface area (Å²) in [7, 11) is -3.90. The van der Waals surface area contributed by atoms with Gasteiger partial charge < -0.3 is 5.32 Å². The predicted molar refractivity (Wildman–Crippen MR) is 91.8 cm³/mol. The third-order valence-corrected chi connectivity index (χ3v) is 4.02. The van der Waals surface area contributed by atoms with Crippen molar-refractivity contribution in [1.82, 2.24) is 5.32 Å². The summed E-state index contributed by atoms with van der Waals surface area (Å²) in [5.41, 5.74) is 1.11. The lowest BCUT2D eigenvalue weighted by atomic mass is 9.94. The average Bonchev–Trinajstić information content (AvgIpc) is 2.37. The summed E-state index contributed by atoms with van der Waals surface area (Å²) in [6.45, 7) is 6.82. The van der Waals surface area contributed by atoms with Crippen LogP contribution in [-0.4, -0.2) is 25.3 Å². The Kier molecular flexibility index (Phi) is 7.06. The van der Waals surface area contributed by atoms with Gasteiger partial charge in [0.2, 0.25) is 0 Å². The van der Waals surface area contributed by atoms with Gasteiger partial charge in [0.05, 0.1) is 11.8 Å². The van der Waals surface area contributed by atoms with Gasteiger partial charge in [-0.15, -0.1) is 0 Å². The Hall–Kier alpha value is -0.880. The summed E-state index contributed by atoms with van der Waals surface area (Å²) in [4.78, 5) is 0. The minimum absolute atomic E-state index is 0.0297. The van der Waals surface area contributed by atoms with Gasteiger partial charge in [0.25, 0.3) is 10.1 Å². The highest BCUT2D eigenvalue weighted by atomic mass is 35.5. The van der Waals surface area contributed by atoms with Gasteiger partial charge in [-0.3, -0.25) is 4.55 Å². The van der Waals surface area contributed by atoms with Crippen molar-refractivity contribution in [3.63, 3.8) is 0 Å². The van der Waals surface area contributed by atoms with Crippen LogP contribution in [0.4, 0.5) is 0 Å².